The predicted octanol–water partition coefficient (Wildman–Crippen LogP) is 2.59. The molecular weight excluding hydrogens is 212 g/mol. The summed E-state index contributed by atoms with van der Waals surface area (Å²) in [6.45, 7) is 8.72. The number of carbonyl (C=O) groups is 1. The van der Waals surface area contributed by atoms with Crippen molar-refractivity contribution in [1.29, 1.82) is 0 Å². The van der Waals surface area contributed by atoms with Crippen LogP contribution in [0, 0.1) is 0 Å². The Morgan fingerprint density at radius 1 is 1.60 bits per heavy atom. The number of hydrogen-bond donors (Lipinski definition) is 0. The molecule has 1 aromatic heterocycles. The van der Waals surface area contributed by atoms with Crippen LogP contribution in [0.2, 0.25) is 0 Å². The first-order chi connectivity index (χ1) is 7.19. The smallest absolute Gasteiger partial charge is 0.408 e. The van der Waals surface area contributed by atoms with Gasteiger partial charge in [0.2, 0.25) is 0 Å². The molecule has 0 aromatic carbocycles. The highest BCUT2D eigenvalue weighted by Crippen LogP contribution is 2.17. The van der Waals surface area contributed by atoms with E-state index in [9.17, 15) is 4.79 Å². The fourth-order valence-electron chi connectivity index (χ4n) is 1.06. The van der Waals surface area contributed by atoms with Crippen LogP contribution in [0.1, 0.15) is 18.9 Å². The molecule has 0 fully saturated rings. The van der Waals surface area contributed by atoms with Gasteiger partial charge < -0.3 is 9.64 Å². The summed E-state index contributed by atoms with van der Waals surface area (Å²) in [5, 5.41) is 2.45. The van der Waals surface area contributed by atoms with Gasteiger partial charge in [-0.05, 0) is 13.8 Å². The van der Waals surface area contributed by atoms with Gasteiger partial charge in [0, 0.05) is 24.7 Å². The summed E-state index contributed by atoms with van der Waals surface area (Å²) >= 11 is 1.39. The van der Waals surface area contributed by atoms with Gasteiger partial charge in [-0.15, -0.1) is 11.3 Å². The second-order valence-corrected chi connectivity index (χ2v) is 3.70. The van der Waals surface area contributed by atoms with Crippen molar-refractivity contribution in [1.82, 2.24) is 9.88 Å². The quantitative estimate of drug-likeness (QED) is 0.741. The fraction of sp³-hybridized carbons (Fsp3) is 0.400. The van der Waals surface area contributed by atoms with E-state index >= 15 is 0 Å². The molecule has 0 saturated carbocycles. The van der Waals surface area contributed by atoms with Gasteiger partial charge in [-0.25, -0.2) is 9.78 Å². The Morgan fingerprint density at radius 2 is 2.27 bits per heavy atom. The third-order valence-corrected chi connectivity index (χ3v) is 2.72. The number of hydrogen-bond acceptors (Lipinski definition) is 4. The monoisotopic (exact) mass is 226 g/mol. The topological polar surface area (TPSA) is 42.4 Å². The highest BCUT2D eigenvalue weighted by Gasteiger charge is 2.14. The molecule has 0 atom stereocenters. The average Bonchev–Trinajstić information content (AvgIpc) is 2.72. The van der Waals surface area contributed by atoms with E-state index in [0.717, 1.165) is 0 Å². The summed E-state index contributed by atoms with van der Waals surface area (Å²) in [5.74, 6) is 0.307. The third-order valence-electron chi connectivity index (χ3n) is 1.90. The minimum absolute atomic E-state index is 0.307. The molecule has 0 aliphatic rings. The molecule has 82 valence electrons. The molecule has 0 aliphatic heterocycles. The van der Waals surface area contributed by atoms with Crippen LogP contribution in [0.5, 0.6) is 0 Å². The number of amides is 1. The summed E-state index contributed by atoms with van der Waals surface area (Å²) < 4.78 is 5.08. The van der Waals surface area contributed by atoms with Crippen LogP contribution < -0.4 is 0 Å². The van der Waals surface area contributed by atoms with Crippen LogP contribution in [0.15, 0.2) is 18.2 Å². The second kappa shape index (κ2) is 5.50. The fourth-order valence-corrected chi connectivity index (χ4v) is 1.60. The number of ether oxygens (including phenoxy) is 1. The molecule has 0 saturated heterocycles. The van der Waals surface area contributed by atoms with Gasteiger partial charge in [0.15, 0.2) is 10.8 Å². The Kier molecular flexibility index (Phi) is 4.30. The molecule has 0 unspecified atom stereocenters. The van der Waals surface area contributed by atoms with Crippen LogP contribution in [-0.2, 0) is 4.74 Å². The Bertz CT molecular complexity index is 331. The van der Waals surface area contributed by atoms with Crippen molar-refractivity contribution in [2.24, 2.45) is 0 Å². The largest absolute Gasteiger partial charge is 0.415 e. The summed E-state index contributed by atoms with van der Waals surface area (Å²) in [6, 6.07) is 0. The standard InChI is InChI=1S/C10H14N2O2S/c1-4-12(5-2)10(13)14-8(3)9-11-6-7-15-9/h6-7H,3-5H2,1-2H3. The second-order valence-electron chi connectivity index (χ2n) is 2.80. The minimum atomic E-state index is -0.375. The van der Waals surface area contributed by atoms with Crippen LogP contribution in [-0.4, -0.2) is 29.1 Å². The Balaban J connectivity index is 2.55. The Labute approximate surface area is 93.2 Å². The minimum Gasteiger partial charge on any atom is -0.408 e. The zero-order chi connectivity index (χ0) is 11.3. The zero-order valence-electron chi connectivity index (χ0n) is 8.90. The highest BCUT2D eigenvalue weighted by molar-refractivity contribution is 7.10. The molecule has 0 aliphatic carbocycles. The van der Waals surface area contributed by atoms with E-state index in [1.54, 1.807) is 11.1 Å². The number of carbonyl (C=O) groups excluding carboxylic acids is 1. The highest BCUT2D eigenvalue weighted by atomic mass is 32.1. The molecule has 1 amide bonds. The Morgan fingerprint density at radius 3 is 2.73 bits per heavy atom. The van der Waals surface area contributed by atoms with Crippen molar-refractivity contribution in [2.75, 3.05) is 13.1 Å². The molecule has 0 N–H and O–H groups in total. The van der Waals surface area contributed by atoms with Gasteiger partial charge in [-0.1, -0.05) is 6.58 Å². The maximum absolute atomic E-state index is 11.5. The molecule has 1 aromatic rings. The van der Waals surface area contributed by atoms with Crippen molar-refractivity contribution in [2.45, 2.75) is 13.8 Å². The van der Waals surface area contributed by atoms with E-state index in [1.165, 1.54) is 11.3 Å². The van der Waals surface area contributed by atoms with Crippen molar-refractivity contribution in [3.63, 3.8) is 0 Å². The lowest BCUT2D eigenvalue weighted by atomic mass is 10.5. The lowest BCUT2D eigenvalue weighted by molar-refractivity contribution is 0.148. The van der Waals surface area contributed by atoms with E-state index in [-0.39, 0.29) is 6.09 Å². The van der Waals surface area contributed by atoms with E-state index < -0.39 is 0 Å². The molecule has 0 bridgehead atoms. The van der Waals surface area contributed by atoms with Gasteiger partial charge >= 0.3 is 6.09 Å². The first kappa shape index (κ1) is 11.7. The van der Waals surface area contributed by atoms with E-state index in [0.29, 0.717) is 23.9 Å². The van der Waals surface area contributed by atoms with Crippen molar-refractivity contribution < 1.29 is 9.53 Å². The summed E-state index contributed by atoms with van der Waals surface area (Å²) in [5.41, 5.74) is 0. The molecule has 15 heavy (non-hydrogen) atoms. The molecule has 5 heteroatoms. The van der Waals surface area contributed by atoms with E-state index in [2.05, 4.69) is 11.6 Å². The van der Waals surface area contributed by atoms with Gasteiger partial charge in [0.25, 0.3) is 0 Å². The number of thiazole rings is 1. The molecule has 0 spiro atoms. The van der Waals surface area contributed by atoms with E-state index in [1.807, 2.05) is 19.2 Å². The predicted molar refractivity (Wildman–Crippen MR) is 60.6 cm³/mol. The molecule has 1 rings (SSSR count). The van der Waals surface area contributed by atoms with Crippen LogP contribution in [0.25, 0.3) is 5.76 Å². The SMILES string of the molecule is C=C(OC(=O)N(CC)CC)c1nccs1. The molecule has 4 nitrogen and oxygen atoms in total. The number of nitrogens with zero attached hydrogens (tertiary/aromatic N) is 2. The maximum Gasteiger partial charge on any atom is 0.415 e. The Hall–Kier alpha value is -1.36. The first-order valence-corrected chi connectivity index (χ1v) is 5.62. The van der Waals surface area contributed by atoms with Crippen molar-refractivity contribution in [3.8, 4) is 0 Å². The third kappa shape index (κ3) is 3.06. The lowest BCUT2D eigenvalue weighted by Crippen LogP contribution is -2.30. The van der Waals surface area contributed by atoms with Gasteiger partial charge in [-0.2, -0.15) is 0 Å². The molecular formula is C10H14N2O2S. The summed E-state index contributed by atoms with van der Waals surface area (Å²) in [6.07, 6.45) is 1.27. The molecule has 1 heterocycles. The van der Waals surface area contributed by atoms with Crippen molar-refractivity contribution in [3.05, 3.63) is 23.2 Å². The van der Waals surface area contributed by atoms with Crippen LogP contribution >= 0.6 is 11.3 Å². The van der Waals surface area contributed by atoms with Crippen LogP contribution in [0.3, 0.4) is 0 Å². The average molecular weight is 226 g/mol. The van der Waals surface area contributed by atoms with E-state index in [4.69, 9.17) is 4.74 Å². The van der Waals surface area contributed by atoms with Crippen LogP contribution in [0.4, 0.5) is 4.79 Å². The zero-order valence-corrected chi connectivity index (χ0v) is 9.71. The van der Waals surface area contributed by atoms with Gasteiger partial charge in [0.1, 0.15) is 0 Å². The maximum atomic E-state index is 11.5. The number of aromatic nitrogens is 1. The summed E-state index contributed by atoms with van der Waals surface area (Å²) in [7, 11) is 0. The van der Waals surface area contributed by atoms with Gasteiger partial charge in [-0.3, -0.25) is 0 Å². The van der Waals surface area contributed by atoms with Crippen molar-refractivity contribution >= 4 is 23.2 Å². The normalized spacial score (nSPS) is 9.73. The summed E-state index contributed by atoms with van der Waals surface area (Å²) in [4.78, 5) is 17.1. The first-order valence-electron chi connectivity index (χ1n) is 4.74. The number of rotatable bonds is 4. The lowest BCUT2D eigenvalue weighted by Gasteiger charge is -2.17. The molecule has 0 radical (unpaired) electrons. The van der Waals surface area contributed by atoms with Gasteiger partial charge in [0.05, 0.1) is 0 Å².